The summed E-state index contributed by atoms with van der Waals surface area (Å²) in [5.41, 5.74) is 1.73. The van der Waals surface area contributed by atoms with Crippen molar-refractivity contribution in [2.75, 3.05) is 20.4 Å². The van der Waals surface area contributed by atoms with E-state index in [1.165, 1.54) is 4.90 Å². The van der Waals surface area contributed by atoms with Gasteiger partial charge in [0.25, 0.3) is 0 Å². The van der Waals surface area contributed by atoms with E-state index in [0.29, 0.717) is 18.8 Å². The summed E-state index contributed by atoms with van der Waals surface area (Å²) in [7, 11) is 3.24. The van der Waals surface area contributed by atoms with Gasteiger partial charge in [0.1, 0.15) is 0 Å². The number of thioether (sulfide) groups is 1. The molecule has 0 unspecified atom stereocenters. The fraction of sp³-hybridized carbons (Fsp3) is 0.583. The van der Waals surface area contributed by atoms with Gasteiger partial charge in [0, 0.05) is 25.4 Å². The molecule has 0 aliphatic carbocycles. The minimum absolute atomic E-state index is 0.326. The predicted octanol–water partition coefficient (Wildman–Crippen LogP) is 2.03. The Morgan fingerprint density at radius 2 is 2.26 bits per heavy atom. The van der Waals surface area contributed by atoms with Crippen molar-refractivity contribution in [3.05, 3.63) is 11.3 Å². The summed E-state index contributed by atoms with van der Waals surface area (Å²) < 4.78 is 6.92. The molecule has 0 saturated carbocycles. The van der Waals surface area contributed by atoms with Gasteiger partial charge in [-0.1, -0.05) is 0 Å². The van der Waals surface area contributed by atoms with Gasteiger partial charge in [0.05, 0.1) is 24.7 Å². The van der Waals surface area contributed by atoms with Crippen LogP contribution in [-0.4, -0.2) is 41.1 Å². The van der Waals surface area contributed by atoms with Crippen molar-refractivity contribution in [1.82, 2.24) is 14.7 Å². The van der Waals surface area contributed by atoms with Crippen LogP contribution in [0.2, 0.25) is 0 Å². The van der Waals surface area contributed by atoms with Crippen LogP contribution in [0.3, 0.4) is 0 Å². The number of hydrogen-bond donors (Lipinski definition) is 0. The topological polar surface area (TPSA) is 71.1 Å². The zero-order chi connectivity index (χ0) is 14.4. The van der Waals surface area contributed by atoms with Crippen LogP contribution in [0.5, 0.6) is 5.88 Å². The molecule has 7 heteroatoms. The Hall–Kier alpha value is -1.68. The maximum atomic E-state index is 11.6. The quantitative estimate of drug-likeness (QED) is 0.826. The lowest BCUT2D eigenvalue weighted by molar-refractivity contribution is 0.166. The fourth-order valence-corrected chi connectivity index (χ4v) is 2.02. The zero-order valence-electron chi connectivity index (χ0n) is 11.6. The molecule has 0 atom stereocenters. The van der Waals surface area contributed by atoms with Crippen LogP contribution in [0.25, 0.3) is 0 Å². The highest BCUT2D eigenvalue weighted by molar-refractivity contribution is 7.97. The highest BCUT2D eigenvalue weighted by atomic mass is 32.2. The first-order valence-electron chi connectivity index (χ1n) is 5.82. The molecule has 1 rings (SSSR count). The molecule has 6 nitrogen and oxygen atoms in total. The number of hydrogen-bond acceptors (Lipinski definition) is 5. The van der Waals surface area contributed by atoms with Crippen molar-refractivity contribution in [3.63, 3.8) is 0 Å². The van der Waals surface area contributed by atoms with E-state index in [-0.39, 0.29) is 0 Å². The van der Waals surface area contributed by atoms with Crippen LogP contribution in [0, 0.1) is 18.3 Å². The lowest BCUT2D eigenvalue weighted by atomic mass is 10.3. The number of nitriles is 1. The number of aryl methyl sites for hydroxylation is 1. The fourth-order valence-electron chi connectivity index (χ4n) is 1.47. The maximum absolute atomic E-state index is 11.6. The molecule has 0 N–H and O–H groups in total. The van der Waals surface area contributed by atoms with Gasteiger partial charge >= 0.3 is 6.09 Å². The first-order valence-corrected chi connectivity index (χ1v) is 7.22. The van der Waals surface area contributed by atoms with Crippen LogP contribution in [0.15, 0.2) is 0 Å². The number of ether oxygens (including phenoxy) is 1. The highest BCUT2D eigenvalue weighted by Gasteiger charge is 2.19. The first kappa shape index (κ1) is 15.4. The summed E-state index contributed by atoms with van der Waals surface area (Å²) in [6, 6.07) is 2.06. The molecule has 0 aromatic carbocycles. The summed E-state index contributed by atoms with van der Waals surface area (Å²) >= 11 is 1.65. The summed E-state index contributed by atoms with van der Waals surface area (Å²) in [5, 5.41) is 13.1. The van der Waals surface area contributed by atoms with Crippen molar-refractivity contribution in [3.8, 4) is 11.9 Å². The van der Waals surface area contributed by atoms with Crippen molar-refractivity contribution in [2.24, 2.45) is 0 Å². The molecule has 19 heavy (non-hydrogen) atoms. The van der Waals surface area contributed by atoms with E-state index in [4.69, 9.17) is 10.00 Å². The normalized spacial score (nSPS) is 10.1. The van der Waals surface area contributed by atoms with Crippen LogP contribution < -0.4 is 4.74 Å². The van der Waals surface area contributed by atoms with E-state index < -0.39 is 6.09 Å². The Morgan fingerprint density at radius 1 is 1.58 bits per heavy atom. The SMILES string of the molecule is CSCc1nn(CCC#N)c(OC(=O)N(C)C)c1C. The number of rotatable bonds is 5. The summed E-state index contributed by atoms with van der Waals surface area (Å²) in [6.07, 6.45) is 1.86. The second-order valence-electron chi connectivity index (χ2n) is 4.20. The molecule has 0 spiro atoms. The van der Waals surface area contributed by atoms with E-state index in [0.717, 1.165) is 17.0 Å². The molecule has 0 aliphatic rings. The Labute approximate surface area is 117 Å². The Morgan fingerprint density at radius 3 is 2.79 bits per heavy atom. The van der Waals surface area contributed by atoms with Gasteiger partial charge in [-0.25, -0.2) is 9.48 Å². The van der Waals surface area contributed by atoms with Gasteiger partial charge in [-0.15, -0.1) is 0 Å². The molecular formula is C12H18N4O2S. The monoisotopic (exact) mass is 282 g/mol. The minimum Gasteiger partial charge on any atom is -0.391 e. The minimum atomic E-state index is -0.447. The van der Waals surface area contributed by atoms with Crippen molar-refractivity contribution in [1.29, 1.82) is 5.26 Å². The molecule has 0 radical (unpaired) electrons. The molecule has 1 aromatic heterocycles. The van der Waals surface area contributed by atoms with Gasteiger partial charge in [-0.2, -0.15) is 22.1 Å². The third kappa shape index (κ3) is 3.89. The van der Waals surface area contributed by atoms with Crippen LogP contribution in [0.4, 0.5) is 4.79 Å². The van der Waals surface area contributed by atoms with Gasteiger partial charge in [0.2, 0.25) is 5.88 Å². The predicted molar refractivity (Wildman–Crippen MR) is 74.1 cm³/mol. The maximum Gasteiger partial charge on any atom is 0.416 e. The molecule has 1 amide bonds. The second kappa shape index (κ2) is 7.04. The van der Waals surface area contributed by atoms with Crippen LogP contribution in [-0.2, 0) is 12.3 Å². The summed E-state index contributed by atoms with van der Waals surface area (Å²) in [4.78, 5) is 13.0. The molecule has 0 bridgehead atoms. The number of aromatic nitrogens is 2. The second-order valence-corrected chi connectivity index (χ2v) is 5.07. The molecule has 0 fully saturated rings. The first-order chi connectivity index (χ1) is 9.01. The van der Waals surface area contributed by atoms with Gasteiger partial charge in [-0.3, -0.25) is 0 Å². The zero-order valence-corrected chi connectivity index (χ0v) is 12.5. The number of nitrogens with zero attached hydrogens (tertiary/aromatic N) is 4. The van der Waals surface area contributed by atoms with Gasteiger partial charge in [0.15, 0.2) is 0 Å². The van der Waals surface area contributed by atoms with Crippen molar-refractivity contribution in [2.45, 2.75) is 25.6 Å². The molecule has 1 heterocycles. The largest absolute Gasteiger partial charge is 0.416 e. The average Bonchev–Trinajstić information content (AvgIpc) is 2.65. The lowest BCUT2D eigenvalue weighted by Gasteiger charge is -2.12. The third-order valence-electron chi connectivity index (χ3n) is 2.50. The Bertz CT molecular complexity index is 491. The summed E-state index contributed by atoms with van der Waals surface area (Å²) in [6.45, 7) is 2.29. The third-order valence-corrected chi connectivity index (χ3v) is 3.06. The van der Waals surface area contributed by atoms with E-state index in [1.54, 1.807) is 30.5 Å². The van der Waals surface area contributed by atoms with E-state index in [1.807, 2.05) is 13.2 Å². The number of carbonyl (C=O) groups excluding carboxylic acids is 1. The number of amides is 1. The molecular weight excluding hydrogens is 264 g/mol. The van der Waals surface area contributed by atoms with Crippen LogP contribution in [0.1, 0.15) is 17.7 Å². The van der Waals surface area contributed by atoms with Crippen molar-refractivity contribution < 1.29 is 9.53 Å². The summed E-state index contributed by atoms with van der Waals surface area (Å²) in [5.74, 6) is 1.18. The smallest absolute Gasteiger partial charge is 0.391 e. The Kier molecular flexibility index (Phi) is 5.70. The molecule has 0 aliphatic heterocycles. The van der Waals surface area contributed by atoms with E-state index in [9.17, 15) is 4.79 Å². The highest BCUT2D eigenvalue weighted by Crippen LogP contribution is 2.25. The molecule has 1 aromatic rings. The standard InChI is InChI=1S/C12H18N4O2S/c1-9-10(8-19-4)14-16(7-5-6-13)11(9)18-12(17)15(2)3/h5,7-8H2,1-4H3. The number of carbonyl (C=O) groups is 1. The van der Waals surface area contributed by atoms with Gasteiger partial charge in [-0.05, 0) is 13.2 Å². The molecule has 0 saturated heterocycles. The lowest BCUT2D eigenvalue weighted by Crippen LogP contribution is -2.26. The van der Waals surface area contributed by atoms with Gasteiger partial charge < -0.3 is 9.64 Å². The van der Waals surface area contributed by atoms with E-state index in [2.05, 4.69) is 11.2 Å². The Balaban J connectivity index is 3.03. The van der Waals surface area contributed by atoms with Crippen LogP contribution >= 0.6 is 11.8 Å². The molecule has 104 valence electrons. The van der Waals surface area contributed by atoms with Crippen molar-refractivity contribution >= 4 is 17.9 Å². The average molecular weight is 282 g/mol. The van der Waals surface area contributed by atoms with E-state index >= 15 is 0 Å².